The highest BCUT2D eigenvalue weighted by Gasteiger charge is 2.33. The first-order valence-corrected chi connectivity index (χ1v) is 11.0. The number of likely N-dealkylation sites (tertiary alicyclic amines) is 1. The van der Waals surface area contributed by atoms with Crippen LogP contribution in [-0.4, -0.2) is 84.6 Å². The maximum absolute atomic E-state index is 12.3. The lowest BCUT2D eigenvalue weighted by Gasteiger charge is -2.38. The van der Waals surface area contributed by atoms with Gasteiger partial charge in [0, 0.05) is 32.7 Å². The number of sulfonamides is 1. The second-order valence-corrected chi connectivity index (χ2v) is 10.4. The molecule has 8 nitrogen and oxygen atoms in total. The summed E-state index contributed by atoms with van der Waals surface area (Å²) in [6, 6.07) is 0. The number of alkyl halides is 1. The number of piperidine rings is 1. The van der Waals surface area contributed by atoms with Crippen molar-refractivity contribution in [1.82, 2.24) is 14.1 Å². The fourth-order valence-electron chi connectivity index (χ4n) is 3.12. The summed E-state index contributed by atoms with van der Waals surface area (Å²) < 4.78 is 30.1. The van der Waals surface area contributed by atoms with Crippen LogP contribution in [0.25, 0.3) is 0 Å². The lowest BCUT2D eigenvalue weighted by molar-refractivity contribution is -0.135. The Kier molecular flexibility index (Phi) is 6.79. The normalized spacial score (nSPS) is 21.2. The molecule has 0 N–H and O–H groups in total. The molecule has 2 rings (SSSR count). The van der Waals surface area contributed by atoms with Crippen LogP contribution in [-0.2, 0) is 19.6 Å². The molecule has 2 saturated heterocycles. The number of nitrogens with zero attached hydrogens (tertiary/aromatic N) is 3. The number of halogens is 1. The van der Waals surface area contributed by atoms with Gasteiger partial charge >= 0.3 is 6.09 Å². The third-order valence-corrected chi connectivity index (χ3v) is 6.76. The number of ether oxygens (including phenoxy) is 1. The van der Waals surface area contributed by atoms with Crippen LogP contribution in [0.2, 0.25) is 0 Å². The van der Waals surface area contributed by atoms with Crippen LogP contribution in [0.1, 0.15) is 33.6 Å². The van der Waals surface area contributed by atoms with E-state index < -0.39 is 20.8 Å². The molecule has 0 aromatic rings. The Balaban J connectivity index is 1.80. The van der Waals surface area contributed by atoms with E-state index in [1.807, 2.05) is 20.8 Å². The highest BCUT2D eigenvalue weighted by atomic mass is 35.5. The Morgan fingerprint density at radius 2 is 1.81 bits per heavy atom. The standard InChI is InChI=1S/C16H28ClN3O5S/c1-16(2,3)25-15(22)18-6-4-13(5-7-18)10-19-8-9-20(11-14(19)21)26(23,24)12-17/h13H,4-12H2,1-3H3. The number of carbonyl (C=O) groups excluding carboxylic acids is 2. The van der Waals surface area contributed by atoms with Gasteiger partial charge in [0.2, 0.25) is 15.9 Å². The number of hydrogen-bond acceptors (Lipinski definition) is 5. The van der Waals surface area contributed by atoms with E-state index in [9.17, 15) is 18.0 Å². The van der Waals surface area contributed by atoms with Gasteiger partial charge in [0.25, 0.3) is 0 Å². The van der Waals surface area contributed by atoms with Crippen LogP contribution in [0.5, 0.6) is 0 Å². The third-order valence-electron chi connectivity index (χ3n) is 4.56. The van der Waals surface area contributed by atoms with Gasteiger partial charge in [0.1, 0.15) is 10.8 Å². The second kappa shape index (κ2) is 8.31. The molecule has 0 aliphatic carbocycles. The highest BCUT2D eigenvalue weighted by molar-refractivity contribution is 7.90. The first-order valence-electron chi connectivity index (χ1n) is 8.81. The van der Waals surface area contributed by atoms with Gasteiger partial charge < -0.3 is 14.5 Å². The maximum atomic E-state index is 12.3. The summed E-state index contributed by atoms with van der Waals surface area (Å²) in [5.74, 6) is 0.105. The van der Waals surface area contributed by atoms with Crippen LogP contribution in [0.3, 0.4) is 0 Å². The Labute approximate surface area is 160 Å². The van der Waals surface area contributed by atoms with E-state index in [1.54, 1.807) is 9.80 Å². The molecule has 2 heterocycles. The summed E-state index contributed by atoms with van der Waals surface area (Å²) in [5.41, 5.74) is -0.511. The molecule has 26 heavy (non-hydrogen) atoms. The van der Waals surface area contributed by atoms with Crippen LogP contribution < -0.4 is 0 Å². The van der Waals surface area contributed by atoms with Gasteiger partial charge in [-0.2, -0.15) is 4.31 Å². The van der Waals surface area contributed by atoms with Crippen molar-refractivity contribution in [2.24, 2.45) is 5.92 Å². The molecule has 2 aliphatic rings. The zero-order valence-corrected chi connectivity index (χ0v) is 17.2. The largest absolute Gasteiger partial charge is 0.444 e. The first-order chi connectivity index (χ1) is 12.0. The topological polar surface area (TPSA) is 87.2 Å². The molecule has 150 valence electrons. The van der Waals surface area contributed by atoms with Gasteiger partial charge in [0.05, 0.1) is 6.54 Å². The summed E-state index contributed by atoms with van der Waals surface area (Å²) >= 11 is 5.45. The van der Waals surface area contributed by atoms with Crippen molar-refractivity contribution in [2.75, 3.05) is 44.5 Å². The lowest BCUT2D eigenvalue weighted by Crippen LogP contribution is -2.54. The minimum Gasteiger partial charge on any atom is -0.444 e. The quantitative estimate of drug-likeness (QED) is 0.653. The van der Waals surface area contributed by atoms with Crippen molar-refractivity contribution in [1.29, 1.82) is 0 Å². The molecule has 0 spiro atoms. The smallest absolute Gasteiger partial charge is 0.410 e. The monoisotopic (exact) mass is 409 g/mol. The number of hydrogen-bond donors (Lipinski definition) is 0. The molecule has 0 saturated carbocycles. The van der Waals surface area contributed by atoms with Crippen LogP contribution in [0, 0.1) is 5.92 Å². The average molecular weight is 410 g/mol. The molecule has 0 atom stereocenters. The van der Waals surface area contributed by atoms with E-state index in [4.69, 9.17) is 16.3 Å². The van der Waals surface area contributed by atoms with E-state index in [0.29, 0.717) is 32.1 Å². The maximum Gasteiger partial charge on any atom is 0.410 e. The minimum absolute atomic E-state index is 0.147. The van der Waals surface area contributed by atoms with E-state index in [-0.39, 0.29) is 25.1 Å². The van der Waals surface area contributed by atoms with Crippen molar-refractivity contribution in [3.05, 3.63) is 0 Å². The fourth-order valence-corrected chi connectivity index (χ4v) is 4.34. The number of carbonyl (C=O) groups is 2. The van der Waals surface area contributed by atoms with Gasteiger partial charge in [-0.25, -0.2) is 13.2 Å². The highest BCUT2D eigenvalue weighted by Crippen LogP contribution is 2.22. The Morgan fingerprint density at radius 1 is 1.19 bits per heavy atom. The van der Waals surface area contributed by atoms with Crippen molar-refractivity contribution in [3.63, 3.8) is 0 Å². The summed E-state index contributed by atoms with van der Waals surface area (Å²) in [5, 5.41) is -0.511. The van der Waals surface area contributed by atoms with Crippen molar-refractivity contribution < 1.29 is 22.7 Å². The number of amides is 2. The number of piperazine rings is 1. The van der Waals surface area contributed by atoms with Gasteiger partial charge in [-0.1, -0.05) is 0 Å². The summed E-state index contributed by atoms with van der Waals surface area (Å²) in [6.07, 6.45) is 1.30. The molecule has 2 aliphatic heterocycles. The first kappa shape index (κ1) is 21.2. The molecule has 2 amide bonds. The van der Waals surface area contributed by atoms with Crippen molar-refractivity contribution in [2.45, 2.75) is 39.2 Å². The van der Waals surface area contributed by atoms with E-state index in [0.717, 1.165) is 17.1 Å². The molecular weight excluding hydrogens is 382 g/mol. The lowest BCUT2D eigenvalue weighted by atomic mass is 9.96. The van der Waals surface area contributed by atoms with Crippen LogP contribution in [0.4, 0.5) is 4.79 Å². The molecule has 0 aromatic carbocycles. The molecular formula is C16H28ClN3O5S. The van der Waals surface area contributed by atoms with Crippen LogP contribution in [0.15, 0.2) is 0 Å². The minimum atomic E-state index is -3.55. The SMILES string of the molecule is CC(C)(C)OC(=O)N1CCC(CN2CCN(S(=O)(=O)CCl)CC2=O)CC1. The van der Waals surface area contributed by atoms with E-state index in [2.05, 4.69) is 0 Å². The molecule has 10 heteroatoms. The summed E-state index contributed by atoms with van der Waals surface area (Å²) in [6.45, 7) is 7.83. The zero-order valence-electron chi connectivity index (χ0n) is 15.6. The Morgan fingerprint density at radius 3 is 2.31 bits per heavy atom. The van der Waals surface area contributed by atoms with Gasteiger partial charge in [-0.05, 0) is 39.5 Å². The number of rotatable bonds is 4. The molecule has 2 fully saturated rings. The fraction of sp³-hybridized carbons (Fsp3) is 0.875. The summed E-state index contributed by atoms with van der Waals surface area (Å²) in [4.78, 5) is 27.8. The molecule has 0 aromatic heterocycles. The third kappa shape index (κ3) is 5.72. The molecule has 0 radical (unpaired) electrons. The zero-order chi connectivity index (χ0) is 19.5. The van der Waals surface area contributed by atoms with Gasteiger partial charge in [0.15, 0.2) is 0 Å². The second-order valence-electron chi connectivity index (χ2n) is 7.81. The van der Waals surface area contributed by atoms with E-state index >= 15 is 0 Å². The van der Waals surface area contributed by atoms with E-state index in [1.165, 1.54) is 0 Å². The Hall–Kier alpha value is -1.06. The van der Waals surface area contributed by atoms with Crippen molar-refractivity contribution >= 4 is 33.6 Å². The predicted molar refractivity (Wildman–Crippen MR) is 98.3 cm³/mol. The summed E-state index contributed by atoms with van der Waals surface area (Å²) in [7, 11) is -3.55. The van der Waals surface area contributed by atoms with Gasteiger partial charge in [-0.15, -0.1) is 11.6 Å². The predicted octanol–water partition coefficient (Wildman–Crippen LogP) is 1.30. The average Bonchev–Trinajstić information content (AvgIpc) is 2.55. The van der Waals surface area contributed by atoms with Crippen LogP contribution >= 0.6 is 11.6 Å². The van der Waals surface area contributed by atoms with Crippen molar-refractivity contribution in [3.8, 4) is 0 Å². The molecule has 0 bridgehead atoms. The van der Waals surface area contributed by atoms with Gasteiger partial charge in [-0.3, -0.25) is 4.79 Å². The Bertz CT molecular complexity index is 626. The molecule has 0 unspecified atom stereocenters.